The van der Waals surface area contributed by atoms with Gasteiger partial charge in [0.1, 0.15) is 0 Å². The first-order chi connectivity index (χ1) is 9.09. The molecule has 0 aromatic heterocycles. The van der Waals surface area contributed by atoms with Crippen molar-refractivity contribution < 1.29 is 31.4 Å². The van der Waals surface area contributed by atoms with E-state index < -0.39 is 30.2 Å². The number of phenolic OH excluding ortho intramolecular Hbond substituents is 1. The molecule has 1 aromatic rings. The van der Waals surface area contributed by atoms with Gasteiger partial charge in [0.25, 0.3) is 0 Å². The number of aromatic hydroxyl groups is 1. The second kappa shape index (κ2) is 7.74. The Balaban J connectivity index is 0.000000621. The topological polar surface area (TPSA) is 133 Å². The molecule has 0 bridgehead atoms. The van der Waals surface area contributed by atoms with Crippen LogP contribution in [-0.2, 0) is 18.1 Å². The zero-order valence-electron chi connectivity index (χ0n) is 11.2. The van der Waals surface area contributed by atoms with E-state index >= 15 is 0 Å². The molecule has 0 atom stereocenters. The first-order valence-electron chi connectivity index (χ1n) is 5.29. The molecule has 0 saturated carbocycles. The Hall–Kier alpha value is -1.76. The molecule has 0 aliphatic rings. The number of anilines is 1. The van der Waals surface area contributed by atoms with Crippen LogP contribution in [0, 0.1) is 0 Å². The van der Waals surface area contributed by atoms with Crippen LogP contribution < -0.4 is 9.67 Å². The zero-order chi connectivity index (χ0) is 15.9. The third-order valence-electron chi connectivity index (χ3n) is 1.93. The van der Waals surface area contributed by atoms with E-state index in [0.29, 0.717) is 0 Å². The van der Waals surface area contributed by atoms with E-state index in [9.17, 15) is 18.4 Å². The van der Waals surface area contributed by atoms with Gasteiger partial charge in [-0.15, -0.1) is 0 Å². The Bertz CT molecular complexity index is 538. The second-order valence-electron chi connectivity index (χ2n) is 3.59. The van der Waals surface area contributed by atoms with E-state index in [2.05, 4.69) is 10.1 Å². The smallest absolute Gasteiger partial charge is 0.302 e. The van der Waals surface area contributed by atoms with E-state index in [1.165, 1.54) is 33.1 Å². The normalized spacial score (nSPS) is 10.1. The Kier molecular flexibility index (Phi) is 7.06. The van der Waals surface area contributed by atoms with Crippen LogP contribution in [0.1, 0.15) is 13.8 Å². The summed E-state index contributed by atoms with van der Waals surface area (Å²) in [6.07, 6.45) is 0. The van der Waals surface area contributed by atoms with Crippen molar-refractivity contribution in [2.24, 2.45) is 0 Å². The van der Waals surface area contributed by atoms with Gasteiger partial charge in [0, 0.05) is 6.92 Å². The maximum absolute atomic E-state index is 11.0. The van der Waals surface area contributed by atoms with E-state index in [1.807, 2.05) is 0 Å². The van der Waals surface area contributed by atoms with Crippen molar-refractivity contribution in [2.75, 3.05) is 12.4 Å². The van der Waals surface area contributed by atoms with Crippen molar-refractivity contribution in [3.63, 3.8) is 0 Å². The number of carbonyl (C=O) groups excluding carboxylic acids is 2. The maximum Gasteiger partial charge on any atom is 0.302 e. The van der Waals surface area contributed by atoms with Crippen LogP contribution in [0.25, 0.3) is 0 Å². The molecule has 4 N–H and O–H groups in total. The van der Waals surface area contributed by atoms with Gasteiger partial charge in [-0.3, -0.25) is 4.79 Å². The molecule has 1 rings (SSSR count). The molecule has 0 radical (unpaired) electrons. The van der Waals surface area contributed by atoms with Crippen LogP contribution in [0.5, 0.6) is 5.75 Å². The van der Waals surface area contributed by atoms with Crippen molar-refractivity contribution in [2.45, 2.75) is 13.8 Å². The number of esters is 1. The quantitative estimate of drug-likeness (QED) is 0.309. The molecule has 0 unspecified atom stereocenters. The van der Waals surface area contributed by atoms with Gasteiger partial charge in [-0.25, -0.2) is 0 Å². The summed E-state index contributed by atoms with van der Waals surface area (Å²) in [7, 11) is 1.35. The monoisotopic (exact) mass is 349 g/mol. The average Bonchev–Trinajstić information content (AvgIpc) is 2.30. The number of para-hydroxylation sites is 1. The number of carbonyl (C=O) groups is 2. The number of ether oxygens (including phenoxy) is 1. The Morgan fingerprint density at radius 1 is 1.25 bits per heavy atom. The molecule has 9 heteroatoms. The fraction of sp³-hybridized carbons (Fsp3) is 0.273. The van der Waals surface area contributed by atoms with Crippen molar-refractivity contribution >= 4 is 36.1 Å². The molecule has 0 spiro atoms. The summed E-state index contributed by atoms with van der Waals surface area (Å²) >= 11 is -5.15. The molecular weight excluding hydrogens is 333 g/mol. The van der Waals surface area contributed by atoms with Crippen LogP contribution in [0.3, 0.4) is 0 Å². The van der Waals surface area contributed by atoms with Gasteiger partial charge in [-0.05, 0) is 0 Å². The third kappa shape index (κ3) is 6.42. The number of methoxy groups -OCH3 is 1. The fourth-order valence-corrected chi connectivity index (χ4v) is 2.48. The van der Waals surface area contributed by atoms with Crippen molar-refractivity contribution in [3.05, 3.63) is 18.2 Å². The summed E-state index contributed by atoms with van der Waals surface area (Å²) in [6, 6.07) is 3.83. The number of nitrogens with one attached hydrogen (secondary N) is 1. The van der Waals surface area contributed by atoms with Crippen molar-refractivity contribution in [3.8, 4) is 5.75 Å². The summed E-state index contributed by atoms with van der Waals surface area (Å²) < 4.78 is 32.5. The minimum atomic E-state index is -5.15. The van der Waals surface area contributed by atoms with E-state index in [0.717, 1.165) is 6.07 Å². The molecule has 0 aliphatic heterocycles. The van der Waals surface area contributed by atoms with Gasteiger partial charge in [0.05, 0.1) is 7.11 Å². The zero-order valence-corrected chi connectivity index (χ0v) is 13.0. The number of benzene rings is 1. The fourth-order valence-electron chi connectivity index (χ4n) is 1.06. The molecule has 0 fully saturated rings. The van der Waals surface area contributed by atoms with Gasteiger partial charge in [0.15, 0.2) is 0 Å². The van der Waals surface area contributed by atoms with E-state index in [4.69, 9.17) is 8.19 Å². The molecule has 1 amide bonds. The van der Waals surface area contributed by atoms with Crippen LogP contribution in [0.2, 0.25) is 0 Å². The van der Waals surface area contributed by atoms with E-state index in [1.54, 1.807) is 0 Å². The molecule has 8 nitrogen and oxygen atoms in total. The Morgan fingerprint density at radius 2 is 1.75 bits per heavy atom. The molecule has 112 valence electrons. The summed E-state index contributed by atoms with van der Waals surface area (Å²) in [5, 5.41) is 11.7. The van der Waals surface area contributed by atoms with Crippen LogP contribution in [0.15, 0.2) is 18.2 Å². The number of hydrogen-bond donors (Lipinski definition) is 4. The number of hydrogen-bond acceptors (Lipinski definition) is 5. The maximum atomic E-state index is 11.0. The first kappa shape index (κ1) is 18.2. The van der Waals surface area contributed by atoms with Gasteiger partial charge >= 0.3 is 94.1 Å². The van der Waals surface area contributed by atoms with Gasteiger partial charge in [0.2, 0.25) is 0 Å². The molecule has 0 heterocycles. The number of amides is 1. The summed E-state index contributed by atoms with van der Waals surface area (Å²) in [6.45, 7) is 2.59. The SMILES string of the molecule is CC(=O)Nc1cccc([As](=O)(O)O)c1O.COC(C)=O. The summed E-state index contributed by atoms with van der Waals surface area (Å²) in [4.78, 5) is 20.3. The van der Waals surface area contributed by atoms with Crippen molar-refractivity contribution in [1.82, 2.24) is 0 Å². The van der Waals surface area contributed by atoms with Gasteiger partial charge < -0.3 is 4.74 Å². The molecule has 0 aliphatic carbocycles. The Morgan fingerprint density at radius 3 is 2.10 bits per heavy atom. The molecule has 0 saturated heterocycles. The van der Waals surface area contributed by atoms with Gasteiger partial charge in [-0.1, -0.05) is 0 Å². The third-order valence-corrected chi connectivity index (χ3v) is 4.00. The van der Waals surface area contributed by atoms with Gasteiger partial charge in [-0.2, -0.15) is 0 Å². The standard InChI is InChI=1S/C8H10AsNO5.C3H6O2/c1-5(11)10-7-4-2-3-6(8(7)12)9(13,14)15;1-3(4)5-2/h2-4,12H,1H3,(H,10,11)(H2,13,14,15);1-2H3. The van der Waals surface area contributed by atoms with E-state index in [-0.39, 0.29) is 11.7 Å². The minimum Gasteiger partial charge on any atom is -0.469 e. The first-order valence-corrected chi connectivity index (χ1v) is 8.68. The largest absolute Gasteiger partial charge is 0.469 e. The second-order valence-corrected chi connectivity index (χ2v) is 6.89. The summed E-state index contributed by atoms with van der Waals surface area (Å²) in [5.41, 5.74) is -0.00951. The predicted octanol–water partition coefficient (Wildman–Crippen LogP) is -0.909. The minimum absolute atomic E-state index is 0.00951. The number of phenols is 1. The van der Waals surface area contributed by atoms with Crippen LogP contribution in [0.4, 0.5) is 5.69 Å². The Labute approximate surface area is 118 Å². The van der Waals surface area contributed by atoms with Crippen LogP contribution >= 0.6 is 0 Å². The summed E-state index contributed by atoms with van der Waals surface area (Å²) in [5.74, 6) is -1.26. The average molecular weight is 349 g/mol. The van der Waals surface area contributed by atoms with Crippen LogP contribution in [-0.4, -0.2) is 46.5 Å². The number of rotatable bonds is 2. The molecular formula is C11H16AsNO7. The predicted molar refractivity (Wildman–Crippen MR) is 70.6 cm³/mol. The molecule has 1 aromatic carbocycles. The molecule has 20 heavy (non-hydrogen) atoms. The van der Waals surface area contributed by atoms with Crippen molar-refractivity contribution in [1.29, 1.82) is 0 Å².